The molecule has 1 unspecified atom stereocenters. The van der Waals surface area contributed by atoms with Crippen LogP contribution < -0.4 is 0 Å². The number of carboxylic acids is 1. The Hall–Kier alpha value is -2.08. The SMILES string of the molecule is O=C(O)C1CN(C(=O)OCc2ccccc2)CCCO1. The van der Waals surface area contributed by atoms with Crippen molar-refractivity contribution in [3.8, 4) is 0 Å². The van der Waals surface area contributed by atoms with Crippen LogP contribution in [0.3, 0.4) is 0 Å². The topological polar surface area (TPSA) is 76.1 Å². The molecule has 1 aromatic rings. The number of carbonyl (C=O) groups is 2. The van der Waals surface area contributed by atoms with E-state index >= 15 is 0 Å². The van der Waals surface area contributed by atoms with Crippen molar-refractivity contribution in [2.75, 3.05) is 19.7 Å². The van der Waals surface area contributed by atoms with Crippen molar-refractivity contribution in [1.29, 1.82) is 0 Å². The van der Waals surface area contributed by atoms with Gasteiger partial charge in [-0.3, -0.25) is 0 Å². The standard InChI is InChI=1S/C14H17NO5/c16-13(17)12-9-15(7-4-8-19-12)14(18)20-10-11-5-2-1-3-6-11/h1-3,5-6,12H,4,7-10H2,(H,16,17). The Bertz CT molecular complexity index is 462. The molecule has 1 atom stereocenters. The van der Waals surface area contributed by atoms with Gasteiger partial charge in [-0.25, -0.2) is 9.59 Å². The Kier molecular flexibility index (Phi) is 4.95. The minimum absolute atomic E-state index is 0.0168. The van der Waals surface area contributed by atoms with Crippen LogP contribution in [0.25, 0.3) is 0 Å². The predicted molar refractivity (Wildman–Crippen MR) is 70.2 cm³/mol. The van der Waals surface area contributed by atoms with E-state index in [-0.39, 0.29) is 13.2 Å². The van der Waals surface area contributed by atoms with Gasteiger partial charge in [0, 0.05) is 13.2 Å². The van der Waals surface area contributed by atoms with E-state index in [9.17, 15) is 9.59 Å². The lowest BCUT2D eigenvalue weighted by Crippen LogP contribution is -2.40. The minimum atomic E-state index is -1.06. The molecule has 6 nitrogen and oxygen atoms in total. The Morgan fingerprint density at radius 1 is 1.35 bits per heavy atom. The van der Waals surface area contributed by atoms with Crippen LogP contribution in [0, 0.1) is 0 Å². The zero-order valence-electron chi connectivity index (χ0n) is 11.0. The van der Waals surface area contributed by atoms with E-state index in [1.165, 1.54) is 4.90 Å². The van der Waals surface area contributed by atoms with Crippen LogP contribution in [0.4, 0.5) is 4.79 Å². The predicted octanol–water partition coefficient (Wildman–Crippen LogP) is 1.50. The fraction of sp³-hybridized carbons (Fsp3) is 0.429. The molecule has 0 saturated carbocycles. The van der Waals surface area contributed by atoms with Gasteiger partial charge in [-0.2, -0.15) is 0 Å². The number of ether oxygens (including phenoxy) is 2. The van der Waals surface area contributed by atoms with Crippen LogP contribution in [0.15, 0.2) is 30.3 Å². The summed E-state index contributed by atoms with van der Waals surface area (Å²) >= 11 is 0. The molecule has 0 aromatic heterocycles. The lowest BCUT2D eigenvalue weighted by molar-refractivity contribution is -0.150. The molecule has 1 saturated heterocycles. The third-order valence-corrected chi connectivity index (χ3v) is 3.02. The molecule has 1 aromatic carbocycles. The van der Waals surface area contributed by atoms with Gasteiger partial charge < -0.3 is 19.5 Å². The molecule has 0 bridgehead atoms. The van der Waals surface area contributed by atoms with E-state index in [1.807, 2.05) is 30.3 Å². The lowest BCUT2D eigenvalue weighted by atomic mass is 10.2. The van der Waals surface area contributed by atoms with E-state index < -0.39 is 18.2 Å². The van der Waals surface area contributed by atoms with Crippen LogP contribution in [-0.4, -0.2) is 47.9 Å². The maximum Gasteiger partial charge on any atom is 0.410 e. The second kappa shape index (κ2) is 6.91. The second-order valence-electron chi connectivity index (χ2n) is 4.54. The molecule has 1 amide bonds. The lowest BCUT2D eigenvalue weighted by Gasteiger charge is -2.21. The van der Waals surface area contributed by atoms with E-state index in [0.717, 1.165) is 5.56 Å². The van der Waals surface area contributed by atoms with Crippen LogP contribution in [0.2, 0.25) is 0 Å². The molecule has 2 rings (SSSR count). The van der Waals surface area contributed by atoms with Crippen molar-refractivity contribution >= 4 is 12.1 Å². The largest absolute Gasteiger partial charge is 0.479 e. The molecule has 0 aliphatic carbocycles. The summed E-state index contributed by atoms with van der Waals surface area (Å²) in [5.74, 6) is -1.06. The summed E-state index contributed by atoms with van der Waals surface area (Å²) in [6.45, 7) is 0.967. The van der Waals surface area contributed by atoms with Gasteiger partial charge in [-0.15, -0.1) is 0 Å². The summed E-state index contributed by atoms with van der Waals surface area (Å²) in [6, 6.07) is 9.33. The summed E-state index contributed by atoms with van der Waals surface area (Å²) in [5, 5.41) is 8.97. The highest BCUT2D eigenvalue weighted by molar-refractivity contribution is 5.74. The van der Waals surface area contributed by atoms with Crippen LogP contribution in [0.1, 0.15) is 12.0 Å². The molecule has 20 heavy (non-hydrogen) atoms. The third-order valence-electron chi connectivity index (χ3n) is 3.02. The van der Waals surface area contributed by atoms with E-state index in [0.29, 0.717) is 19.6 Å². The third kappa shape index (κ3) is 3.96. The number of nitrogens with zero attached hydrogens (tertiary/aromatic N) is 1. The molecule has 0 spiro atoms. The Morgan fingerprint density at radius 2 is 2.10 bits per heavy atom. The van der Waals surface area contributed by atoms with Gasteiger partial charge in [-0.1, -0.05) is 30.3 Å². The number of carboxylic acid groups (broad SMARTS) is 1. The smallest absolute Gasteiger partial charge is 0.410 e. The molecule has 108 valence electrons. The van der Waals surface area contributed by atoms with Crippen molar-refractivity contribution in [3.63, 3.8) is 0 Å². The van der Waals surface area contributed by atoms with E-state index in [2.05, 4.69) is 0 Å². The highest BCUT2D eigenvalue weighted by Gasteiger charge is 2.28. The zero-order valence-corrected chi connectivity index (χ0v) is 11.0. The number of hydrogen-bond acceptors (Lipinski definition) is 4. The van der Waals surface area contributed by atoms with Crippen molar-refractivity contribution in [2.24, 2.45) is 0 Å². The van der Waals surface area contributed by atoms with Gasteiger partial charge in [0.05, 0.1) is 6.54 Å². The van der Waals surface area contributed by atoms with Crippen LogP contribution in [-0.2, 0) is 20.9 Å². The van der Waals surface area contributed by atoms with Crippen LogP contribution in [0.5, 0.6) is 0 Å². The quantitative estimate of drug-likeness (QED) is 0.907. The van der Waals surface area contributed by atoms with Gasteiger partial charge >= 0.3 is 12.1 Å². The molecular formula is C14H17NO5. The molecule has 1 heterocycles. The summed E-state index contributed by atoms with van der Waals surface area (Å²) in [4.78, 5) is 24.3. The number of rotatable bonds is 3. The average Bonchev–Trinajstić information content (AvgIpc) is 2.72. The summed E-state index contributed by atoms with van der Waals surface area (Å²) in [7, 11) is 0. The molecule has 0 radical (unpaired) electrons. The average molecular weight is 279 g/mol. The highest BCUT2D eigenvalue weighted by atomic mass is 16.6. The first-order chi connectivity index (χ1) is 9.66. The van der Waals surface area contributed by atoms with Gasteiger partial charge in [0.2, 0.25) is 0 Å². The Balaban J connectivity index is 1.89. The molecule has 1 aliphatic heterocycles. The molecule has 1 fully saturated rings. The number of hydrogen-bond donors (Lipinski definition) is 1. The fourth-order valence-corrected chi connectivity index (χ4v) is 1.95. The van der Waals surface area contributed by atoms with E-state index in [1.54, 1.807) is 0 Å². The number of benzene rings is 1. The maximum absolute atomic E-state index is 11.9. The van der Waals surface area contributed by atoms with Crippen molar-refractivity contribution < 1.29 is 24.2 Å². The first-order valence-electron chi connectivity index (χ1n) is 6.47. The van der Waals surface area contributed by atoms with Crippen LogP contribution >= 0.6 is 0 Å². The van der Waals surface area contributed by atoms with Gasteiger partial charge in [0.15, 0.2) is 6.10 Å². The molecule has 1 N–H and O–H groups in total. The van der Waals surface area contributed by atoms with Crippen molar-refractivity contribution in [1.82, 2.24) is 4.90 Å². The highest BCUT2D eigenvalue weighted by Crippen LogP contribution is 2.09. The number of amides is 1. The molecule has 6 heteroatoms. The van der Waals surface area contributed by atoms with E-state index in [4.69, 9.17) is 14.6 Å². The zero-order chi connectivity index (χ0) is 14.4. The first kappa shape index (κ1) is 14.3. The monoisotopic (exact) mass is 279 g/mol. The first-order valence-corrected chi connectivity index (χ1v) is 6.47. The van der Waals surface area contributed by atoms with Gasteiger partial charge in [-0.05, 0) is 12.0 Å². The maximum atomic E-state index is 11.9. The summed E-state index contributed by atoms with van der Waals surface area (Å²) in [5.41, 5.74) is 0.890. The fourth-order valence-electron chi connectivity index (χ4n) is 1.95. The minimum Gasteiger partial charge on any atom is -0.479 e. The van der Waals surface area contributed by atoms with Crippen molar-refractivity contribution in [2.45, 2.75) is 19.1 Å². The van der Waals surface area contributed by atoms with Gasteiger partial charge in [0.25, 0.3) is 0 Å². The second-order valence-corrected chi connectivity index (χ2v) is 4.54. The number of aliphatic carboxylic acids is 1. The molecular weight excluding hydrogens is 262 g/mol. The Morgan fingerprint density at radius 3 is 2.80 bits per heavy atom. The summed E-state index contributed by atoms with van der Waals surface area (Å²) < 4.78 is 10.3. The Labute approximate surface area is 116 Å². The number of carbonyl (C=O) groups excluding carboxylic acids is 1. The van der Waals surface area contributed by atoms with Gasteiger partial charge in [0.1, 0.15) is 6.61 Å². The molecule has 1 aliphatic rings. The normalized spacial score (nSPS) is 19.2. The summed E-state index contributed by atoms with van der Waals surface area (Å²) in [6.07, 6.45) is -0.892. The van der Waals surface area contributed by atoms with Crippen molar-refractivity contribution in [3.05, 3.63) is 35.9 Å².